The SMILES string of the molecule is C[C@@H]1CCCN(Cc2cc3c(c(C(F)(F)F)c2)CN(c2cccc(C4(c5nncn5C)CC(C#N)C4)c2)C3=O)C1. The molecule has 2 fully saturated rings. The number of aryl methyl sites for hydroxylation is 1. The summed E-state index contributed by atoms with van der Waals surface area (Å²) in [6.45, 7) is 4.08. The number of nitrogens with zero attached hydrogens (tertiary/aromatic N) is 6. The second kappa shape index (κ2) is 9.73. The maximum atomic E-state index is 14.3. The van der Waals surface area contributed by atoms with Crippen molar-refractivity contribution in [2.24, 2.45) is 18.9 Å². The zero-order valence-electron chi connectivity index (χ0n) is 22.6. The number of alkyl halides is 3. The molecule has 2 aliphatic heterocycles. The highest BCUT2D eigenvalue weighted by atomic mass is 19.4. The molecule has 3 heterocycles. The third-order valence-corrected chi connectivity index (χ3v) is 8.78. The number of amides is 1. The molecule has 0 bridgehead atoms. The summed E-state index contributed by atoms with van der Waals surface area (Å²) in [4.78, 5) is 17.3. The molecule has 208 valence electrons. The van der Waals surface area contributed by atoms with Gasteiger partial charge in [-0.15, -0.1) is 10.2 Å². The highest BCUT2D eigenvalue weighted by Crippen LogP contribution is 2.52. The number of hydrogen-bond donors (Lipinski definition) is 0. The Morgan fingerprint density at radius 1 is 1.20 bits per heavy atom. The van der Waals surface area contributed by atoms with Gasteiger partial charge in [-0.25, -0.2) is 0 Å². The number of nitriles is 1. The molecule has 0 radical (unpaired) electrons. The van der Waals surface area contributed by atoms with E-state index >= 15 is 0 Å². The van der Waals surface area contributed by atoms with Crippen molar-refractivity contribution in [3.8, 4) is 6.07 Å². The Balaban J connectivity index is 1.35. The first-order chi connectivity index (χ1) is 19.1. The summed E-state index contributed by atoms with van der Waals surface area (Å²) in [6.07, 6.45) is 0.306. The predicted octanol–water partition coefficient (Wildman–Crippen LogP) is 5.45. The quantitative estimate of drug-likeness (QED) is 0.424. The van der Waals surface area contributed by atoms with Gasteiger partial charge < -0.3 is 9.47 Å². The van der Waals surface area contributed by atoms with Crippen molar-refractivity contribution in [2.45, 2.75) is 57.3 Å². The molecule has 0 spiro atoms. The van der Waals surface area contributed by atoms with Gasteiger partial charge in [-0.2, -0.15) is 18.4 Å². The van der Waals surface area contributed by atoms with E-state index in [1.54, 1.807) is 18.5 Å². The molecule has 1 aliphatic carbocycles. The Labute approximate surface area is 231 Å². The summed E-state index contributed by atoms with van der Waals surface area (Å²) in [7, 11) is 1.85. The Kier molecular flexibility index (Phi) is 6.45. The molecule has 6 rings (SSSR count). The minimum atomic E-state index is -4.57. The highest BCUT2D eigenvalue weighted by Gasteiger charge is 2.50. The van der Waals surface area contributed by atoms with E-state index in [0.29, 0.717) is 36.6 Å². The summed E-state index contributed by atoms with van der Waals surface area (Å²) in [5.74, 6) is 0.665. The molecule has 0 unspecified atom stereocenters. The van der Waals surface area contributed by atoms with Crippen molar-refractivity contribution < 1.29 is 18.0 Å². The van der Waals surface area contributed by atoms with Crippen molar-refractivity contribution in [3.63, 3.8) is 0 Å². The van der Waals surface area contributed by atoms with Crippen molar-refractivity contribution in [3.05, 3.63) is 76.4 Å². The van der Waals surface area contributed by atoms with Gasteiger partial charge in [-0.05, 0) is 79.1 Å². The normalized spacial score (nSPS) is 25.0. The maximum absolute atomic E-state index is 14.3. The molecule has 0 N–H and O–H groups in total. The van der Waals surface area contributed by atoms with Crippen molar-refractivity contribution in [1.29, 1.82) is 5.26 Å². The number of carbonyl (C=O) groups excluding carboxylic acids is 1. The van der Waals surface area contributed by atoms with Crippen LogP contribution in [0.15, 0.2) is 42.7 Å². The van der Waals surface area contributed by atoms with Gasteiger partial charge in [-0.3, -0.25) is 9.69 Å². The topological polar surface area (TPSA) is 78.1 Å². The standard InChI is InChI=1S/C30H31F3N6O/c1-19-5-4-8-38(15-19)16-20-9-24-25(26(10-20)30(31,32)33)17-39(27(24)40)23-7-3-6-22(11-23)29(12-21(13-29)14-34)28-36-35-18-37(28)2/h3,6-7,9-11,18-19,21H,4-5,8,12-13,15-17H2,1-2H3/t19-,21?,29?/m1/s1. The van der Waals surface area contributed by atoms with Crippen LogP contribution >= 0.6 is 0 Å². The van der Waals surface area contributed by atoms with Crippen LogP contribution in [0.5, 0.6) is 0 Å². The lowest BCUT2D eigenvalue weighted by Gasteiger charge is -2.44. The minimum Gasteiger partial charge on any atom is -0.320 e. The zero-order valence-corrected chi connectivity index (χ0v) is 22.6. The van der Waals surface area contributed by atoms with Gasteiger partial charge in [0, 0.05) is 37.3 Å². The van der Waals surface area contributed by atoms with Crippen LogP contribution in [-0.2, 0) is 31.7 Å². The predicted molar refractivity (Wildman–Crippen MR) is 142 cm³/mol. The van der Waals surface area contributed by atoms with Gasteiger partial charge in [0.2, 0.25) is 0 Å². The summed E-state index contributed by atoms with van der Waals surface area (Å²) in [5.41, 5.74) is 0.775. The molecule has 3 aromatic rings. The Hall–Kier alpha value is -3.71. The van der Waals surface area contributed by atoms with Crippen molar-refractivity contribution in [1.82, 2.24) is 19.7 Å². The van der Waals surface area contributed by atoms with Gasteiger partial charge in [0.25, 0.3) is 5.91 Å². The lowest BCUT2D eigenvalue weighted by molar-refractivity contribution is -0.138. The van der Waals surface area contributed by atoms with E-state index in [1.807, 2.05) is 29.8 Å². The van der Waals surface area contributed by atoms with Crippen LogP contribution in [0.3, 0.4) is 0 Å². The maximum Gasteiger partial charge on any atom is 0.416 e. The van der Waals surface area contributed by atoms with Gasteiger partial charge in [0.05, 0.1) is 23.6 Å². The number of likely N-dealkylation sites (tertiary alicyclic amines) is 1. The molecule has 2 aromatic carbocycles. The van der Waals surface area contributed by atoms with Crippen LogP contribution in [0, 0.1) is 23.2 Å². The lowest BCUT2D eigenvalue weighted by Crippen LogP contribution is -2.44. The van der Waals surface area contributed by atoms with E-state index < -0.39 is 23.1 Å². The molecule has 1 amide bonds. The Bertz CT molecular complexity index is 1500. The van der Waals surface area contributed by atoms with Crippen LogP contribution in [-0.4, -0.2) is 38.7 Å². The summed E-state index contributed by atoms with van der Waals surface area (Å²) in [5, 5.41) is 17.8. The van der Waals surface area contributed by atoms with Crippen LogP contribution in [0.1, 0.15) is 71.0 Å². The van der Waals surface area contributed by atoms with E-state index in [2.05, 4.69) is 28.1 Å². The van der Waals surface area contributed by atoms with Gasteiger partial charge >= 0.3 is 6.18 Å². The lowest BCUT2D eigenvalue weighted by atomic mass is 9.58. The van der Waals surface area contributed by atoms with E-state index in [9.17, 15) is 23.2 Å². The fourth-order valence-corrected chi connectivity index (χ4v) is 6.82. The highest BCUT2D eigenvalue weighted by molar-refractivity contribution is 6.10. The molecular formula is C30H31F3N6O. The number of hydrogen-bond acceptors (Lipinski definition) is 5. The molecular weight excluding hydrogens is 517 g/mol. The first-order valence-corrected chi connectivity index (χ1v) is 13.7. The number of carbonyl (C=O) groups is 1. The third kappa shape index (κ3) is 4.46. The first-order valence-electron chi connectivity index (χ1n) is 13.7. The monoisotopic (exact) mass is 548 g/mol. The number of rotatable bonds is 5. The van der Waals surface area contributed by atoms with Crippen molar-refractivity contribution in [2.75, 3.05) is 18.0 Å². The van der Waals surface area contributed by atoms with Crippen LogP contribution in [0.4, 0.5) is 18.9 Å². The van der Waals surface area contributed by atoms with E-state index in [-0.39, 0.29) is 23.6 Å². The molecule has 1 saturated heterocycles. The fraction of sp³-hybridized carbons (Fsp3) is 0.467. The second-order valence-corrected chi connectivity index (χ2v) is 11.7. The minimum absolute atomic E-state index is 0.0230. The molecule has 7 nitrogen and oxygen atoms in total. The summed E-state index contributed by atoms with van der Waals surface area (Å²) in [6, 6.07) is 12.6. The average Bonchev–Trinajstić information content (AvgIpc) is 3.46. The largest absolute Gasteiger partial charge is 0.416 e. The molecule has 1 aromatic heterocycles. The number of anilines is 1. The summed E-state index contributed by atoms with van der Waals surface area (Å²) >= 11 is 0. The fourth-order valence-electron chi connectivity index (χ4n) is 6.82. The Morgan fingerprint density at radius 2 is 2.00 bits per heavy atom. The van der Waals surface area contributed by atoms with Gasteiger partial charge in [0.1, 0.15) is 12.2 Å². The second-order valence-electron chi connectivity index (χ2n) is 11.7. The molecule has 3 aliphatic rings. The van der Waals surface area contributed by atoms with Crippen LogP contribution < -0.4 is 4.90 Å². The number of benzene rings is 2. The van der Waals surface area contributed by atoms with Gasteiger partial charge in [0.15, 0.2) is 0 Å². The van der Waals surface area contributed by atoms with Crippen LogP contribution in [0.2, 0.25) is 0 Å². The molecule has 1 saturated carbocycles. The first kappa shape index (κ1) is 26.5. The molecule has 40 heavy (non-hydrogen) atoms. The molecule has 1 atom stereocenters. The molecule has 10 heteroatoms. The number of piperidine rings is 1. The third-order valence-electron chi connectivity index (χ3n) is 8.78. The Morgan fingerprint density at radius 3 is 2.67 bits per heavy atom. The average molecular weight is 549 g/mol. The van der Waals surface area contributed by atoms with E-state index in [1.165, 1.54) is 11.0 Å². The van der Waals surface area contributed by atoms with Gasteiger partial charge in [-0.1, -0.05) is 19.1 Å². The van der Waals surface area contributed by atoms with E-state index in [4.69, 9.17) is 0 Å². The van der Waals surface area contributed by atoms with E-state index in [0.717, 1.165) is 37.3 Å². The number of halogens is 3. The van der Waals surface area contributed by atoms with Crippen LogP contribution in [0.25, 0.3) is 0 Å². The van der Waals surface area contributed by atoms with Crippen molar-refractivity contribution >= 4 is 11.6 Å². The zero-order chi connectivity index (χ0) is 28.2. The number of aromatic nitrogens is 3. The smallest absolute Gasteiger partial charge is 0.320 e. The number of fused-ring (bicyclic) bond motifs is 1. The summed E-state index contributed by atoms with van der Waals surface area (Å²) < 4.78 is 44.7.